The van der Waals surface area contributed by atoms with E-state index in [9.17, 15) is 9.59 Å². The molecule has 1 aliphatic rings. The van der Waals surface area contributed by atoms with Crippen molar-refractivity contribution in [3.05, 3.63) is 72.8 Å². The Labute approximate surface area is 146 Å². The third-order valence-corrected chi connectivity index (χ3v) is 4.61. The SMILES string of the molecule is O=C(Nc1cccc2ccccc12)C1CC(=O)N(c2ccccc2)C1. The van der Waals surface area contributed by atoms with Crippen LogP contribution in [0.3, 0.4) is 0 Å². The number of nitrogens with zero attached hydrogens (tertiary/aromatic N) is 1. The third kappa shape index (κ3) is 2.98. The number of fused-ring (bicyclic) bond motifs is 1. The molecule has 0 aromatic heterocycles. The Bertz CT molecular complexity index is 932. The molecule has 1 N–H and O–H groups in total. The number of para-hydroxylation sites is 1. The first-order chi connectivity index (χ1) is 12.2. The van der Waals surface area contributed by atoms with Gasteiger partial charge in [-0.2, -0.15) is 0 Å². The lowest BCUT2D eigenvalue weighted by Crippen LogP contribution is -2.28. The number of amides is 2. The zero-order valence-corrected chi connectivity index (χ0v) is 13.7. The molecule has 0 bridgehead atoms. The second kappa shape index (κ2) is 6.40. The summed E-state index contributed by atoms with van der Waals surface area (Å²) in [5, 5.41) is 5.08. The van der Waals surface area contributed by atoms with Crippen LogP contribution < -0.4 is 10.2 Å². The number of carbonyl (C=O) groups excluding carboxylic acids is 2. The summed E-state index contributed by atoms with van der Waals surface area (Å²) in [6, 6.07) is 23.2. The quantitative estimate of drug-likeness (QED) is 0.793. The number of nitrogens with one attached hydrogen (secondary N) is 1. The van der Waals surface area contributed by atoms with Crippen LogP contribution in [0.2, 0.25) is 0 Å². The van der Waals surface area contributed by atoms with Crippen LogP contribution in [-0.2, 0) is 9.59 Å². The van der Waals surface area contributed by atoms with Crippen LogP contribution in [-0.4, -0.2) is 18.4 Å². The van der Waals surface area contributed by atoms with Crippen LogP contribution in [0, 0.1) is 5.92 Å². The molecule has 3 aromatic rings. The predicted octanol–water partition coefficient (Wildman–Crippen LogP) is 3.83. The Balaban J connectivity index is 1.53. The minimum absolute atomic E-state index is 0.00994. The lowest BCUT2D eigenvalue weighted by Gasteiger charge is -2.16. The van der Waals surface area contributed by atoms with E-state index in [0.717, 1.165) is 22.1 Å². The van der Waals surface area contributed by atoms with Gasteiger partial charge in [-0.1, -0.05) is 54.6 Å². The van der Waals surface area contributed by atoms with Gasteiger partial charge >= 0.3 is 0 Å². The van der Waals surface area contributed by atoms with Crippen LogP contribution in [0.5, 0.6) is 0 Å². The Kier molecular flexibility index (Phi) is 3.94. The average molecular weight is 330 g/mol. The molecule has 0 radical (unpaired) electrons. The van der Waals surface area contributed by atoms with Gasteiger partial charge in [0.2, 0.25) is 11.8 Å². The maximum Gasteiger partial charge on any atom is 0.229 e. The van der Waals surface area contributed by atoms with Crippen molar-refractivity contribution in [1.82, 2.24) is 0 Å². The Morgan fingerprint density at radius 2 is 1.64 bits per heavy atom. The Morgan fingerprint density at radius 3 is 2.48 bits per heavy atom. The molecular formula is C21H18N2O2. The topological polar surface area (TPSA) is 49.4 Å². The molecule has 0 saturated carbocycles. The average Bonchev–Trinajstić information content (AvgIpc) is 3.05. The fraction of sp³-hybridized carbons (Fsp3) is 0.143. The predicted molar refractivity (Wildman–Crippen MR) is 99.5 cm³/mol. The van der Waals surface area contributed by atoms with Gasteiger partial charge in [0.25, 0.3) is 0 Å². The van der Waals surface area contributed by atoms with Crippen LogP contribution >= 0.6 is 0 Å². The highest BCUT2D eigenvalue weighted by Crippen LogP contribution is 2.27. The fourth-order valence-corrected chi connectivity index (χ4v) is 3.31. The van der Waals surface area contributed by atoms with Crippen molar-refractivity contribution < 1.29 is 9.59 Å². The number of hydrogen-bond acceptors (Lipinski definition) is 2. The summed E-state index contributed by atoms with van der Waals surface area (Å²) in [4.78, 5) is 26.7. The van der Waals surface area contributed by atoms with Gasteiger partial charge in [-0.15, -0.1) is 0 Å². The molecule has 1 heterocycles. The van der Waals surface area contributed by atoms with Crippen molar-refractivity contribution in [2.24, 2.45) is 5.92 Å². The van der Waals surface area contributed by atoms with E-state index in [2.05, 4.69) is 5.32 Å². The van der Waals surface area contributed by atoms with E-state index in [-0.39, 0.29) is 24.2 Å². The molecule has 1 unspecified atom stereocenters. The summed E-state index contributed by atoms with van der Waals surface area (Å²) in [6.45, 7) is 0.416. The van der Waals surface area contributed by atoms with Crippen LogP contribution in [0.15, 0.2) is 72.8 Å². The molecule has 4 nitrogen and oxygen atoms in total. The van der Waals surface area contributed by atoms with E-state index < -0.39 is 0 Å². The number of hydrogen-bond donors (Lipinski definition) is 1. The lowest BCUT2D eigenvalue weighted by molar-refractivity contribution is -0.122. The van der Waals surface area contributed by atoms with E-state index in [1.807, 2.05) is 72.8 Å². The van der Waals surface area contributed by atoms with Crippen molar-refractivity contribution in [1.29, 1.82) is 0 Å². The molecule has 4 heteroatoms. The largest absolute Gasteiger partial charge is 0.325 e. The van der Waals surface area contributed by atoms with Gasteiger partial charge in [-0.3, -0.25) is 9.59 Å². The number of benzene rings is 3. The zero-order chi connectivity index (χ0) is 17.2. The summed E-state index contributed by atoms with van der Waals surface area (Å²) in [6.07, 6.45) is 0.242. The normalized spacial score (nSPS) is 17.0. The summed E-state index contributed by atoms with van der Waals surface area (Å²) in [5.41, 5.74) is 1.63. The van der Waals surface area contributed by atoms with Gasteiger partial charge in [0.15, 0.2) is 0 Å². The van der Waals surface area contributed by atoms with E-state index >= 15 is 0 Å². The molecule has 1 atom stereocenters. The first-order valence-corrected chi connectivity index (χ1v) is 8.36. The summed E-state index contributed by atoms with van der Waals surface area (Å²) in [7, 11) is 0. The van der Waals surface area contributed by atoms with Crippen LogP contribution in [0.1, 0.15) is 6.42 Å². The highest BCUT2D eigenvalue weighted by atomic mass is 16.2. The van der Waals surface area contributed by atoms with Crippen molar-refractivity contribution in [3.63, 3.8) is 0 Å². The monoisotopic (exact) mass is 330 g/mol. The second-order valence-corrected chi connectivity index (χ2v) is 6.26. The fourth-order valence-electron chi connectivity index (χ4n) is 3.31. The molecule has 0 spiro atoms. The molecular weight excluding hydrogens is 312 g/mol. The molecule has 1 saturated heterocycles. The van der Waals surface area contributed by atoms with Gasteiger partial charge in [-0.05, 0) is 23.6 Å². The highest BCUT2D eigenvalue weighted by Gasteiger charge is 2.35. The van der Waals surface area contributed by atoms with Gasteiger partial charge in [0.05, 0.1) is 5.92 Å². The van der Waals surface area contributed by atoms with Crippen molar-refractivity contribution in [2.45, 2.75) is 6.42 Å². The van der Waals surface area contributed by atoms with Crippen molar-refractivity contribution >= 4 is 34.0 Å². The second-order valence-electron chi connectivity index (χ2n) is 6.26. The Hall–Kier alpha value is -3.14. The summed E-state index contributed by atoms with van der Waals surface area (Å²) in [5.74, 6) is -0.459. The smallest absolute Gasteiger partial charge is 0.229 e. The molecule has 1 aliphatic heterocycles. The number of anilines is 2. The standard InChI is InChI=1S/C21H18N2O2/c24-20-13-16(14-23(20)17-9-2-1-3-10-17)21(25)22-19-12-6-8-15-7-4-5-11-18(15)19/h1-12,16H,13-14H2,(H,22,25). The van der Waals surface area contributed by atoms with E-state index in [4.69, 9.17) is 0 Å². The van der Waals surface area contributed by atoms with Crippen molar-refractivity contribution in [3.8, 4) is 0 Å². The van der Waals surface area contributed by atoms with Gasteiger partial charge < -0.3 is 10.2 Å². The Morgan fingerprint density at radius 1 is 0.920 bits per heavy atom. The molecule has 1 fully saturated rings. The van der Waals surface area contributed by atoms with Gasteiger partial charge in [0.1, 0.15) is 0 Å². The van der Waals surface area contributed by atoms with Gasteiger partial charge in [0, 0.05) is 29.7 Å². The summed E-state index contributed by atoms with van der Waals surface area (Å²) >= 11 is 0. The molecule has 4 rings (SSSR count). The maximum atomic E-state index is 12.7. The lowest BCUT2D eigenvalue weighted by atomic mass is 10.1. The number of rotatable bonds is 3. The minimum atomic E-state index is -0.341. The first kappa shape index (κ1) is 15.4. The van der Waals surface area contributed by atoms with Crippen LogP contribution in [0.25, 0.3) is 10.8 Å². The maximum absolute atomic E-state index is 12.7. The molecule has 25 heavy (non-hydrogen) atoms. The van der Waals surface area contributed by atoms with Gasteiger partial charge in [-0.25, -0.2) is 0 Å². The minimum Gasteiger partial charge on any atom is -0.325 e. The molecule has 2 amide bonds. The first-order valence-electron chi connectivity index (χ1n) is 8.36. The molecule has 124 valence electrons. The highest BCUT2D eigenvalue weighted by molar-refractivity contribution is 6.06. The number of carbonyl (C=O) groups is 2. The molecule has 0 aliphatic carbocycles. The molecule has 3 aromatic carbocycles. The van der Waals surface area contributed by atoms with E-state index in [1.165, 1.54) is 0 Å². The van der Waals surface area contributed by atoms with E-state index in [0.29, 0.717) is 6.54 Å². The third-order valence-electron chi connectivity index (χ3n) is 4.61. The summed E-state index contributed by atoms with van der Waals surface area (Å²) < 4.78 is 0. The van der Waals surface area contributed by atoms with Crippen molar-refractivity contribution in [2.75, 3.05) is 16.8 Å². The van der Waals surface area contributed by atoms with Crippen LogP contribution in [0.4, 0.5) is 11.4 Å². The van der Waals surface area contributed by atoms with E-state index in [1.54, 1.807) is 4.90 Å². The zero-order valence-electron chi connectivity index (χ0n) is 13.7.